The fraction of sp³-hybridized carbons (Fsp3) is 0.280. The number of nitrogens with zero attached hydrogens (tertiary/aromatic N) is 1. The van der Waals surface area contributed by atoms with Gasteiger partial charge in [0, 0.05) is 29.5 Å². The molecule has 0 spiro atoms. The minimum Gasteiger partial charge on any atom is -0.465 e. The van der Waals surface area contributed by atoms with Gasteiger partial charge in [-0.25, -0.2) is 0 Å². The average molecular weight is 376 g/mol. The number of benzene rings is 3. The number of aliphatic hydroxyl groups excluding tert-OH is 1. The monoisotopic (exact) mass is 375 g/mol. The third-order valence-electron chi connectivity index (χ3n) is 4.63. The Hall–Kier alpha value is -2.78. The maximum Gasteiger partial charge on any atom is 0.197 e. The molecule has 0 aliphatic rings. The molecule has 0 heterocycles. The van der Waals surface area contributed by atoms with Gasteiger partial charge in [0.05, 0.1) is 0 Å². The molecule has 1 unspecified atom stereocenters. The van der Waals surface area contributed by atoms with E-state index in [0.717, 1.165) is 17.1 Å². The van der Waals surface area contributed by atoms with Crippen LogP contribution in [0.15, 0.2) is 60.7 Å². The Morgan fingerprint density at radius 1 is 0.750 bits per heavy atom. The zero-order chi connectivity index (χ0) is 20.3. The van der Waals surface area contributed by atoms with E-state index in [1.54, 1.807) is 0 Å². The number of hydrogen-bond acceptors (Lipinski definition) is 3. The molecule has 3 nitrogen and oxygen atoms in total. The average Bonchev–Trinajstić information content (AvgIpc) is 2.60. The Bertz CT molecular complexity index is 873. The van der Waals surface area contributed by atoms with E-state index in [0.29, 0.717) is 12.2 Å². The Balaban J connectivity index is 2.15. The number of aliphatic hydroxyl groups is 1. The van der Waals surface area contributed by atoms with Gasteiger partial charge >= 0.3 is 0 Å². The predicted molar refractivity (Wildman–Crippen MR) is 117 cm³/mol. The lowest BCUT2D eigenvalue weighted by molar-refractivity contribution is -0.0190. The highest BCUT2D eigenvalue weighted by Gasteiger charge is 2.15. The number of hydrogen-bond donors (Lipinski definition) is 1. The molecule has 1 N–H and O–H groups in total. The second-order valence-corrected chi connectivity index (χ2v) is 7.51. The van der Waals surface area contributed by atoms with Crippen molar-refractivity contribution < 1.29 is 9.84 Å². The van der Waals surface area contributed by atoms with E-state index in [1.807, 2.05) is 25.1 Å². The molecule has 3 rings (SSSR count). The van der Waals surface area contributed by atoms with Crippen LogP contribution in [0.2, 0.25) is 0 Å². The molecule has 0 aliphatic heterocycles. The molecule has 1 atom stereocenters. The van der Waals surface area contributed by atoms with Gasteiger partial charge in [0.1, 0.15) is 5.75 Å². The lowest BCUT2D eigenvalue weighted by Crippen LogP contribution is -2.14. The first-order valence-corrected chi connectivity index (χ1v) is 9.77. The summed E-state index contributed by atoms with van der Waals surface area (Å²) < 4.78 is 5.65. The van der Waals surface area contributed by atoms with Crippen LogP contribution in [0.25, 0.3) is 0 Å². The minimum absolute atomic E-state index is 0.544. The van der Waals surface area contributed by atoms with Gasteiger partial charge in [-0.2, -0.15) is 0 Å². The second kappa shape index (κ2) is 8.49. The number of ether oxygens (including phenoxy) is 1. The van der Waals surface area contributed by atoms with Crippen molar-refractivity contribution >= 4 is 17.1 Å². The normalized spacial score (nSPS) is 11.9. The molecule has 0 fully saturated rings. The van der Waals surface area contributed by atoms with Crippen molar-refractivity contribution in [3.05, 3.63) is 82.9 Å². The summed E-state index contributed by atoms with van der Waals surface area (Å²) in [7, 11) is 0. The van der Waals surface area contributed by atoms with Crippen LogP contribution in [0.5, 0.6) is 5.75 Å². The van der Waals surface area contributed by atoms with Crippen LogP contribution in [0, 0.1) is 27.7 Å². The van der Waals surface area contributed by atoms with Crippen molar-refractivity contribution in [1.29, 1.82) is 0 Å². The van der Waals surface area contributed by atoms with Crippen LogP contribution >= 0.6 is 0 Å². The van der Waals surface area contributed by atoms with E-state index in [2.05, 4.69) is 75.1 Å². The van der Waals surface area contributed by atoms with Crippen molar-refractivity contribution in [3.8, 4) is 5.75 Å². The molecule has 3 aromatic carbocycles. The van der Waals surface area contributed by atoms with E-state index in [9.17, 15) is 5.11 Å². The van der Waals surface area contributed by atoms with Crippen LogP contribution in [-0.4, -0.2) is 11.4 Å². The summed E-state index contributed by atoms with van der Waals surface area (Å²) in [6, 6.07) is 21.0. The largest absolute Gasteiger partial charge is 0.465 e. The molecule has 0 amide bonds. The fourth-order valence-electron chi connectivity index (χ4n) is 3.54. The molecule has 0 saturated carbocycles. The van der Waals surface area contributed by atoms with Crippen LogP contribution < -0.4 is 9.64 Å². The first-order chi connectivity index (χ1) is 13.4. The molecule has 0 aromatic heterocycles. The number of anilines is 3. The highest BCUT2D eigenvalue weighted by atomic mass is 16.6. The fourth-order valence-corrected chi connectivity index (χ4v) is 3.54. The molecule has 0 bridgehead atoms. The standard InChI is InChI=1S/C25H29NO2/c1-6-25(27)28-24-9-7-8-21(16-24)26(22-12-17(2)10-18(3)13-22)23-14-19(4)11-20(5)15-23/h7-16,25,27H,6H2,1-5H3. The lowest BCUT2D eigenvalue weighted by Gasteiger charge is -2.27. The van der Waals surface area contributed by atoms with Gasteiger partial charge in [-0.15, -0.1) is 0 Å². The maximum atomic E-state index is 9.88. The van der Waals surface area contributed by atoms with E-state index in [4.69, 9.17) is 4.74 Å². The van der Waals surface area contributed by atoms with Crippen LogP contribution in [0.1, 0.15) is 35.6 Å². The summed E-state index contributed by atoms with van der Waals surface area (Å²) in [5.41, 5.74) is 8.09. The molecule has 3 heteroatoms. The third kappa shape index (κ3) is 4.73. The molecule has 0 aliphatic carbocycles. The Kier molecular flexibility index (Phi) is 6.05. The van der Waals surface area contributed by atoms with Crippen molar-refractivity contribution in [1.82, 2.24) is 0 Å². The zero-order valence-corrected chi connectivity index (χ0v) is 17.4. The topological polar surface area (TPSA) is 32.7 Å². The van der Waals surface area contributed by atoms with Gasteiger partial charge < -0.3 is 14.7 Å². The van der Waals surface area contributed by atoms with E-state index in [1.165, 1.54) is 22.3 Å². The van der Waals surface area contributed by atoms with E-state index < -0.39 is 6.29 Å². The molecule has 28 heavy (non-hydrogen) atoms. The number of aryl methyl sites for hydroxylation is 4. The number of rotatable bonds is 6. The quantitative estimate of drug-likeness (QED) is 0.499. The Morgan fingerprint density at radius 3 is 1.71 bits per heavy atom. The first-order valence-electron chi connectivity index (χ1n) is 9.77. The van der Waals surface area contributed by atoms with E-state index >= 15 is 0 Å². The van der Waals surface area contributed by atoms with Gasteiger partial charge in [0.15, 0.2) is 6.29 Å². The molecule has 146 valence electrons. The van der Waals surface area contributed by atoms with Crippen molar-refractivity contribution in [3.63, 3.8) is 0 Å². The summed E-state index contributed by atoms with van der Waals surface area (Å²) >= 11 is 0. The van der Waals surface area contributed by atoms with Gasteiger partial charge in [-0.3, -0.25) is 0 Å². The molecule has 3 aromatic rings. The van der Waals surface area contributed by atoms with Crippen LogP contribution in [0.3, 0.4) is 0 Å². The van der Waals surface area contributed by atoms with Crippen LogP contribution in [0.4, 0.5) is 17.1 Å². The van der Waals surface area contributed by atoms with Crippen molar-refractivity contribution in [2.75, 3.05) is 4.90 Å². The summed E-state index contributed by atoms with van der Waals surface area (Å²) in [5, 5.41) is 9.88. The van der Waals surface area contributed by atoms with Gasteiger partial charge in [-0.05, 0) is 86.3 Å². The highest BCUT2D eigenvalue weighted by molar-refractivity contribution is 5.78. The summed E-state index contributed by atoms with van der Waals surface area (Å²) in [6.45, 7) is 10.4. The first kappa shape index (κ1) is 20.0. The SMILES string of the molecule is CCC(O)Oc1cccc(N(c2cc(C)cc(C)c2)c2cc(C)cc(C)c2)c1. The Morgan fingerprint density at radius 2 is 1.25 bits per heavy atom. The summed E-state index contributed by atoms with van der Waals surface area (Å²) in [4.78, 5) is 2.24. The lowest BCUT2D eigenvalue weighted by atomic mass is 10.1. The van der Waals surface area contributed by atoms with Crippen LogP contribution in [-0.2, 0) is 0 Å². The van der Waals surface area contributed by atoms with Gasteiger partial charge in [-0.1, -0.05) is 25.1 Å². The maximum absolute atomic E-state index is 9.88. The van der Waals surface area contributed by atoms with E-state index in [-0.39, 0.29) is 0 Å². The second-order valence-electron chi connectivity index (χ2n) is 7.51. The molecule has 0 radical (unpaired) electrons. The van der Waals surface area contributed by atoms with Gasteiger partial charge in [0.2, 0.25) is 0 Å². The smallest absolute Gasteiger partial charge is 0.197 e. The highest BCUT2D eigenvalue weighted by Crippen LogP contribution is 2.37. The van der Waals surface area contributed by atoms with Gasteiger partial charge in [0.25, 0.3) is 0 Å². The van der Waals surface area contributed by atoms with Crippen molar-refractivity contribution in [2.45, 2.75) is 47.3 Å². The summed E-state index contributed by atoms with van der Waals surface area (Å²) in [5.74, 6) is 0.658. The predicted octanol–water partition coefficient (Wildman–Crippen LogP) is 6.50. The molecule has 0 saturated heterocycles. The minimum atomic E-state index is -0.800. The zero-order valence-electron chi connectivity index (χ0n) is 17.4. The molecular weight excluding hydrogens is 346 g/mol. The summed E-state index contributed by atoms with van der Waals surface area (Å²) in [6.07, 6.45) is -0.256. The Labute approximate surface area is 168 Å². The third-order valence-corrected chi connectivity index (χ3v) is 4.63. The van der Waals surface area contributed by atoms with Crippen molar-refractivity contribution in [2.24, 2.45) is 0 Å². The molecular formula is C25H29NO2.